The van der Waals surface area contributed by atoms with E-state index >= 15 is 0 Å². The maximum atomic E-state index is 14.0. The van der Waals surface area contributed by atoms with Crippen LogP contribution in [0.25, 0.3) is 0 Å². The molecular weight excluding hydrogens is 285 g/mol. The quantitative estimate of drug-likeness (QED) is 0.745. The molecule has 0 aliphatic heterocycles. The van der Waals surface area contributed by atoms with E-state index in [0.717, 1.165) is 25.8 Å². The SMILES string of the molecule is CCNC(CCCc1ccccc1)c1cc(Cl)ccc1F. The lowest BCUT2D eigenvalue weighted by molar-refractivity contribution is 0.472. The molecule has 112 valence electrons. The Morgan fingerprint density at radius 3 is 2.62 bits per heavy atom. The summed E-state index contributed by atoms with van der Waals surface area (Å²) in [6.45, 7) is 2.84. The van der Waals surface area contributed by atoms with E-state index in [4.69, 9.17) is 11.6 Å². The van der Waals surface area contributed by atoms with Crippen LogP contribution in [0.5, 0.6) is 0 Å². The molecule has 0 heterocycles. The Bertz CT molecular complexity index is 556. The zero-order chi connectivity index (χ0) is 15.1. The molecule has 0 saturated heterocycles. The van der Waals surface area contributed by atoms with Crippen molar-refractivity contribution in [2.75, 3.05) is 6.54 Å². The maximum Gasteiger partial charge on any atom is 0.128 e. The number of aryl methyl sites for hydroxylation is 1. The van der Waals surface area contributed by atoms with Gasteiger partial charge in [-0.15, -0.1) is 0 Å². The average molecular weight is 306 g/mol. The summed E-state index contributed by atoms with van der Waals surface area (Å²) >= 11 is 6.00. The van der Waals surface area contributed by atoms with Crippen molar-refractivity contribution in [3.8, 4) is 0 Å². The summed E-state index contributed by atoms with van der Waals surface area (Å²) < 4.78 is 14.0. The van der Waals surface area contributed by atoms with Crippen LogP contribution >= 0.6 is 11.6 Å². The van der Waals surface area contributed by atoms with Crippen LogP contribution in [0.2, 0.25) is 5.02 Å². The van der Waals surface area contributed by atoms with Crippen LogP contribution in [0.3, 0.4) is 0 Å². The molecule has 1 atom stereocenters. The zero-order valence-corrected chi connectivity index (χ0v) is 13.0. The second-order valence-electron chi connectivity index (χ2n) is 5.15. The van der Waals surface area contributed by atoms with Crippen LogP contribution in [-0.2, 0) is 6.42 Å². The highest BCUT2D eigenvalue weighted by Gasteiger charge is 2.15. The van der Waals surface area contributed by atoms with Gasteiger partial charge in [-0.05, 0) is 49.6 Å². The molecule has 0 aliphatic rings. The maximum absolute atomic E-state index is 14.0. The first-order valence-corrected chi connectivity index (χ1v) is 7.80. The van der Waals surface area contributed by atoms with E-state index in [1.54, 1.807) is 12.1 Å². The van der Waals surface area contributed by atoms with E-state index < -0.39 is 0 Å². The summed E-state index contributed by atoms with van der Waals surface area (Å²) in [5.74, 6) is -0.190. The highest BCUT2D eigenvalue weighted by molar-refractivity contribution is 6.30. The van der Waals surface area contributed by atoms with Gasteiger partial charge in [-0.25, -0.2) is 4.39 Å². The summed E-state index contributed by atoms with van der Waals surface area (Å²) in [6.07, 6.45) is 2.90. The van der Waals surface area contributed by atoms with Gasteiger partial charge in [-0.3, -0.25) is 0 Å². The van der Waals surface area contributed by atoms with E-state index in [1.807, 2.05) is 25.1 Å². The first-order chi connectivity index (χ1) is 10.2. The number of hydrogen-bond acceptors (Lipinski definition) is 1. The minimum atomic E-state index is -0.190. The molecule has 0 aliphatic carbocycles. The van der Waals surface area contributed by atoms with Crippen LogP contribution in [0.15, 0.2) is 48.5 Å². The van der Waals surface area contributed by atoms with Crippen LogP contribution < -0.4 is 5.32 Å². The minimum Gasteiger partial charge on any atom is -0.310 e. The fourth-order valence-corrected chi connectivity index (χ4v) is 2.73. The number of hydrogen-bond donors (Lipinski definition) is 1. The highest BCUT2D eigenvalue weighted by Crippen LogP contribution is 2.25. The molecule has 1 nitrogen and oxygen atoms in total. The van der Waals surface area contributed by atoms with Gasteiger partial charge in [0.05, 0.1) is 0 Å². The molecule has 2 aromatic rings. The molecule has 0 saturated carbocycles. The molecule has 3 heteroatoms. The Kier molecular flexibility index (Phi) is 6.21. The van der Waals surface area contributed by atoms with Gasteiger partial charge in [0.1, 0.15) is 5.82 Å². The van der Waals surface area contributed by atoms with E-state index in [2.05, 4.69) is 17.4 Å². The average Bonchev–Trinajstić information content (AvgIpc) is 2.50. The normalized spacial score (nSPS) is 12.3. The lowest BCUT2D eigenvalue weighted by atomic mass is 9.98. The molecule has 0 spiro atoms. The topological polar surface area (TPSA) is 12.0 Å². The molecule has 1 unspecified atom stereocenters. The smallest absolute Gasteiger partial charge is 0.128 e. The van der Waals surface area contributed by atoms with Gasteiger partial charge in [0.2, 0.25) is 0 Å². The third-order valence-electron chi connectivity index (χ3n) is 3.59. The van der Waals surface area contributed by atoms with Crippen molar-refractivity contribution in [2.24, 2.45) is 0 Å². The van der Waals surface area contributed by atoms with Gasteiger partial charge in [0.25, 0.3) is 0 Å². The van der Waals surface area contributed by atoms with Crippen LogP contribution in [0.4, 0.5) is 4.39 Å². The summed E-state index contributed by atoms with van der Waals surface area (Å²) in [6, 6.07) is 15.1. The lowest BCUT2D eigenvalue weighted by Crippen LogP contribution is -2.22. The molecule has 0 amide bonds. The summed E-state index contributed by atoms with van der Waals surface area (Å²) in [7, 11) is 0. The Morgan fingerprint density at radius 1 is 1.14 bits per heavy atom. The number of rotatable bonds is 7. The number of halogens is 2. The predicted octanol–water partition coefficient (Wildman–Crippen LogP) is 5.15. The Labute approximate surface area is 131 Å². The van der Waals surface area contributed by atoms with Gasteiger partial charge < -0.3 is 5.32 Å². The molecule has 0 radical (unpaired) electrons. The van der Waals surface area contributed by atoms with Crippen LogP contribution in [-0.4, -0.2) is 6.54 Å². The first-order valence-electron chi connectivity index (χ1n) is 7.43. The van der Waals surface area contributed by atoms with Crippen molar-refractivity contribution < 1.29 is 4.39 Å². The fraction of sp³-hybridized carbons (Fsp3) is 0.333. The molecule has 0 fully saturated rings. The second-order valence-corrected chi connectivity index (χ2v) is 5.59. The first kappa shape index (κ1) is 16.0. The van der Waals surface area contributed by atoms with E-state index in [-0.39, 0.29) is 11.9 Å². The highest BCUT2D eigenvalue weighted by atomic mass is 35.5. The summed E-state index contributed by atoms with van der Waals surface area (Å²) in [5.41, 5.74) is 1.98. The number of benzene rings is 2. The zero-order valence-electron chi connectivity index (χ0n) is 12.3. The largest absolute Gasteiger partial charge is 0.310 e. The van der Waals surface area contributed by atoms with Gasteiger partial charge in [-0.2, -0.15) is 0 Å². The summed E-state index contributed by atoms with van der Waals surface area (Å²) in [4.78, 5) is 0. The molecule has 0 bridgehead atoms. The van der Waals surface area contributed by atoms with E-state index in [9.17, 15) is 4.39 Å². The molecular formula is C18H21ClFN. The van der Waals surface area contributed by atoms with Gasteiger partial charge in [0.15, 0.2) is 0 Å². The summed E-state index contributed by atoms with van der Waals surface area (Å²) in [5, 5.41) is 3.94. The van der Waals surface area contributed by atoms with Crippen molar-refractivity contribution in [3.63, 3.8) is 0 Å². The third-order valence-corrected chi connectivity index (χ3v) is 3.82. The van der Waals surface area contributed by atoms with E-state index in [1.165, 1.54) is 11.6 Å². The Morgan fingerprint density at radius 2 is 1.90 bits per heavy atom. The van der Waals surface area contributed by atoms with Crippen molar-refractivity contribution in [1.82, 2.24) is 5.32 Å². The van der Waals surface area contributed by atoms with Crippen LogP contribution in [0.1, 0.15) is 36.9 Å². The molecule has 0 aromatic heterocycles. The minimum absolute atomic E-state index is 0.0115. The standard InChI is InChI=1S/C18H21ClFN/c1-2-21-18(16-13-15(19)11-12-17(16)20)10-6-9-14-7-4-3-5-8-14/h3-5,7-8,11-13,18,21H,2,6,9-10H2,1H3. The van der Waals surface area contributed by atoms with Crippen molar-refractivity contribution in [2.45, 2.75) is 32.2 Å². The second kappa shape index (κ2) is 8.16. The Hall–Kier alpha value is -1.38. The van der Waals surface area contributed by atoms with Crippen molar-refractivity contribution in [1.29, 1.82) is 0 Å². The number of nitrogens with one attached hydrogen (secondary N) is 1. The van der Waals surface area contributed by atoms with Gasteiger partial charge in [0, 0.05) is 16.6 Å². The molecule has 21 heavy (non-hydrogen) atoms. The van der Waals surface area contributed by atoms with Crippen LogP contribution in [0, 0.1) is 5.82 Å². The third kappa shape index (κ3) is 4.83. The predicted molar refractivity (Wildman–Crippen MR) is 87.2 cm³/mol. The monoisotopic (exact) mass is 305 g/mol. The molecule has 1 N–H and O–H groups in total. The Balaban J connectivity index is 2.00. The lowest BCUT2D eigenvalue weighted by Gasteiger charge is -2.19. The van der Waals surface area contributed by atoms with Crippen molar-refractivity contribution in [3.05, 3.63) is 70.5 Å². The van der Waals surface area contributed by atoms with E-state index in [0.29, 0.717) is 10.6 Å². The molecule has 2 rings (SSSR count). The van der Waals surface area contributed by atoms with Crippen molar-refractivity contribution >= 4 is 11.6 Å². The molecule has 2 aromatic carbocycles. The van der Waals surface area contributed by atoms with Gasteiger partial charge in [-0.1, -0.05) is 48.9 Å². The van der Waals surface area contributed by atoms with Gasteiger partial charge >= 0.3 is 0 Å². The fourth-order valence-electron chi connectivity index (χ4n) is 2.55.